The lowest BCUT2D eigenvalue weighted by atomic mass is 9.75. The Morgan fingerprint density at radius 1 is 1.10 bits per heavy atom. The molecule has 0 saturated heterocycles. The maximum atomic E-state index is 13.8. The molecular formula is C17H16Br2FN. The topological polar surface area (TPSA) is 12.0 Å². The van der Waals surface area contributed by atoms with Crippen molar-refractivity contribution in [1.29, 1.82) is 0 Å². The predicted molar refractivity (Wildman–Crippen MR) is 92.4 cm³/mol. The Balaban J connectivity index is 1.67. The Morgan fingerprint density at radius 3 is 2.33 bits per heavy atom. The molecule has 1 aliphatic rings. The van der Waals surface area contributed by atoms with Crippen molar-refractivity contribution in [3.05, 3.63) is 62.3 Å². The zero-order valence-corrected chi connectivity index (χ0v) is 14.8. The van der Waals surface area contributed by atoms with Crippen LogP contribution in [0.25, 0.3) is 0 Å². The van der Waals surface area contributed by atoms with Gasteiger partial charge in [0.2, 0.25) is 0 Å². The Kier molecular flexibility index (Phi) is 4.36. The first-order valence-corrected chi connectivity index (χ1v) is 8.60. The first-order chi connectivity index (χ1) is 10.0. The molecule has 0 aliphatic heterocycles. The standard InChI is InChI=1S/C17H16Br2FN/c1-10-6-14(18)17(15(19)7-10)21-12-8-11(9-12)13-4-2-3-5-16(13)20/h2-7,11-12,21H,8-9H2,1H3. The van der Waals surface area contributed by atoms with Gasteiger partial charge in [-0.05, 0) is 86.9 Å². The van der Waals surface area contributed by atoms with E-state index in [1.54, 1.807) is 12.1 Å². The van der Waals surface area contributed by atoms with Gasteiger partial charge in [0, 0.05) is 15.0 Å². The van der Waals surface area contributed by atoms with E-state index in [-0.39, 0.29) is 5.82 Å². The van der Waals surface area contributed by atoms with Crippen molar-refractivity contribution in [2.24, 2.45) is 0 Å². The molecule has 4 heteroatoms. The first kappa shape index (κ1) is 15.0. The van der Waals surface area contributed by atoms with Gasteiger partial charge in [-0.3, -0.25) is 0 Å². The second-order valence-corrected chi connectivity index (χ2v) is 7.34. The number of rotatable bonds is 3. The number of benzene rings is 2. The van der Waals surface area contributed by atoms with Crippen molar-refractivity contribution in [2.45, 2.75) is 31.7 Å². The Morgan fingerprint density at radius 2 is 1.71 bits per heavy atom. The van der Waals surface area contributed by atoms with Gasteiger partial charge in [0.05, 0.1) is 5.69 Å². The number of halogens is 3. The summed E-state index contributed by atoms with van der Waals surface area (Å²) >= 11 is 7.20. The molecule has 1 N–H and O–H groups in total. The van der Waals surface area contributed by atoms with Gasteiger partial charge in [-0.15, -0.1) is 0 Å². The van der Waals surface area contributed by atoms with Crippen LogP contribution in [0.4, 0.5) is 10.1 Å². The summed E-state index contributed by atoms with van der Waals surface area (Å²) in [6.45, 7) is 2.07. The Hall–Kier alpha value is -0.870. The zero-order valence-electron chi connectivity index (χ0n) is 11.7. The molecule has 0 radical (unpaired) electrons. The Labute approximate surface area is 141 Å². The maximum Gasteiger partial charge on any atom is 0.126 e. The highest BCUT2D eigenvalue weighted by molar-refractivity contribution is 9.11. The van der Waals surface area contributed by atoms with E-state index in [0.717, 1.165) is 33.0 Å². The fourth-order valence-corrected chi connectivity index (χ4v) is 4.48. The van der Waals surface area contributed by atoms with E-state index in [4.69, 9.17) is 0 Å². The lowest BCUT2D eigenvalue weighted by molar-refractivity contribution is 0.363. The van der Waals surface area contributed by atoms with Crippen LogP contribution in [-0.2, 0) is 0 Å². The second-order valence-electron chi connectivity index (χ2n) is 5.63. The largest absolute Gasteiger partial charge is 0.380 e. The van der Waals surface area contributed by atoms with Gasteiger partial charge < -0.3 is 5.32 Å². The van der Waals surface area contributed by atoms with Crippen molar-refractivity contribution >= 4 is 37.5 Å². The summed E-state index contributed by atoms with van der Waals surface area (Å²) in [7, 11) is 0. The highest BCUT2D eigenvalue weighted by Crippen LogP contribution is 2.42. The van der Waals surface area contributed by atoms with Crippen molar-refractivity contribution in [2.75, 3.05) is 5.32 Å². The van der Waals surface area contributed by atoms with Gasteiger partial charge in [0.15, 0.2) is 0 Å². The van der Waals surface area contributed by atoms with E-state index < -0.39 is 0 Å². The van der Waals surface area contributed by atoms with E-state index in [2.05, 4.69) is 56.2 Å². The molecule has 1 aliphatic carbocycles. The molecule has 0 unspecified atom stereocenters. The lowest BCUT2D eigenvalue weighted by Crippen LogP contribution is -2.34. The molecule has 0 heterocycles. The van der Waals surface area contributed by atoms with Crippen LogP contribution in [0.5, 0.6) is 0 Å². The van der Waals surface area contributed by atoms with Crippen LogP contribution in [-0.4, -0.2) is 6.04 Å². The summed E-state index contributed by atoms with van der Waals surface area (Å²) in [6, 6.07) is 11.7. The highest BCUT2D eigenvalue weighted by Gasteiger charge is 2.32. The minimum atomic E-state index is -0.0846. The average Bonchev–Trinajstić information content (AvgIpc) is 2.37. The van der Waals surface area contributed by atoms with E-state index in [9.17, 15) is 4.39 Å². The third-order valence-corrected chi connectivity index (χ3v) is 5.27. The molecule has 0 amide bonds. The molecule has 0 spiro atoms. The lowest BCUT2D eigenvalue weighted by Gasteiger charge is -2.37. The van der Waals surface area contributed by atoms with Gasteiger partial charge in [-0.2, -0.15) is 0 Å². The molecule has 2 aromatic rings. The fraction of sp³-hybridized carbons (Fsp3) is 0.294. The number of hydrogen-bond acceptors (Lipinski definition) is 1. The minimum Gasteiger partial charge on any atom is -0.380 e. The molecule has 0 atom stereocenters. The van der Waals surface area contributed by atoms with Crippen LogP contribution in [0.3, 0.4) is 0 Å². The van der Waals surface area contributed by atoms with E-state index in [1.165, 1.54) is 5.56 Å². The van der Waals surface area contributed by atoms with Crippen LogP contribution in [0.2, 0.25) is 0 Å². The molecule has 0 bridgehead atoms. The molecule has 1 saturated carbocycles. The second kappa shape index (κ2) is 6.09. The van der Waals surface area contributed by atoms with Gasteiger partial charge in [-0.25, -0.2) is 4.39 Å². The highest BCUT2D eigenvalue weighted by atomic mass is 79.9. The van der Waals surface area contributed by atoms with Crippen molar-refractivity contribution in [1.82, 2.24) is 0 Å². The normalized spacial score (nSPS) is 21.0. The third kappa shape index (κ3) is 3.16. The maximum absolute atomic E-state index is 13.8. The van der Waals surface area contributed by atoms with Gasteiger partial charge in [0.25, 0.3) is 0 Å². The summed E-state index contributed by atoms with van der Waals surface area (Å²) in [5, 5.41) is 3.55. The molecule has 110 valence electrons. The average molecular weight is 413 g/mol. The summed E-state index contributed by atoms with van der Waals surface area (Å²) in [6.07, 6.45) is 1.93. The van der Waals surface area contributed by atoms with Gasteiger partial charge >= 0.3 is 0 Å². The van der Waals surface area contributed by atoms with Crippen LogP contribution < -0.4 is 5.32 Å². The summed E-state index contributed by atoms with van der Waals surface area (Å²) in [4.78, 5) is 0. The zero-order chi connectivity index (χ0) is 15.0. The summed E-state index contributed by atoms with van der Waals surface area (Å²) in [5.41, 5.74) is 3.13. The summed E-state index contributed by atoms with van der Waals surface area (Å²) < 4.78 is 15.9. The predicted octanol–water partition coefficient (Wildman–Crippen LogP) is 6.02. The van der Waals surface area contributed by atoms with Gasteiger partial charge in [0.1, 0.15) is 5.82 Å². The summed E-state index contributed by atoms with van der Waals surface area (Å²) in [5.74, 6) is 0.241. The van der Waals surface area contributed by atoms with E-state index in [1.807, 2.05) is 12.1 Å². The quantitative estimate of drug-likeness (QED) is 0.650. The SMILES string of the molecule is Cc1cc(Br)c(NC2CC(c3ccccc3F)C2)c(Br)c1. The third-order valence-electron chi connectivity index (χ3n) is 4.02. The van der Waals surface area contributed by atoms with Gasteiger partial charge in [-0.1, -0.05) is 18.2 Å². The molecule has 3 rings (SSSR count). The molecule has 21 heavy (non-hydrogen) atoms. The number of nitrogens with one attached hydrogen (secondary N) is 1. The van der Waals surface area contributed by atoms with Crippen LogP contribution in [0.15, 0.2) is 45.3 Å². The molecule has 0 aromatic heterocycles. The van der Waals surface area contributed by atoms with Crippen molar-refractivity contribution < 1.29 is 4.39 Å². The smallest absolute Gasteiger partial charge is 0.126 e. The Bertz CT molecular complexity index is 643. The molecule has 2 aromatic carbocycles. The van der Waals surface area contributed by atoms with E-state index >= 15 is 0 Å². The fourth-order valence-electron chi connectivity index (χ4n) is 2.84. The monoisotopic (exact) mass is 411 g/mol. The van der Waals surface area contributed by atoms with E-state index in [0.29, 0.717) is 12.0 Å². The number of hydrogen-bond donors (Lipinski definition) is 1. The molecule has 1 fully saturated rings. The first-order valence-electron chi connectivity index (χ1n) is 7.01. The van der Waals surface area contributed by atoms with Crippen LogP contribution in [0.1, 0.15) is 29.9 Å². The molecular weight excluding hydrogens is 397 g/mol. The van der Waals surface area contributed by atoms with Crippen LogP contribution >= 0.6 is 31.9 Å². The number of aryl methyl sites for hydroxylation is 1. The molecule has 1 nitrogen and oxygen atoms in total. The van der Waals surface area contributed by atoms with Crippen LogP contribution in [0, 0.1) is 12.7 Å². The minimum absolute atomic E-state index is 0.0846. The van der Waals surface area contributed by atoms with Crippen molar-refractivity contribution in [3.8, 4) is 0 Å². The van der Waals surface area contributed by atoms with Crippen molar-refractivity contribution in [3.63, 3.8) is 0 Å². The number of anilines is 1.